The summed E-state index contributed by atoms with van der Waals surface area (Å²) in [7, 11) is 0. The quantitative estimate of drug-likeness (QED) is 0.890. The zero-order chi connectivity index (χ0) is 13.2. The monoisotopic (exact) mass is 247 g/mol. The Morgan fingerprint density at radius 2 is 1.50 bits per heavy atom. The first-order valence-electron chi connectivity index (χ1n) is 5.36. The molecule has 0 bridgehead atoms. The van der Waals surface area contributed by atoms with Crippen molar-refractivity contribution in [3.63, 3.8) is 0 Å². The van der Waals surface area contributed by atoms with Crippen molar-refractivity contribution in [2.75, 3.05) is 0 Å². The molecule has 4 heteroatoms. The van der Waals surface area contributed by atoms with Crippen LogP contribution in [0.15, 0.2) is 54.6 Å². The number of alkyl halides is 2. The van der Waals surface area contributed by atoms with Crippen molar-refractivity contribution in [2.24, 2.45) is 5.73 Å². The van der Waals surface area contributed by atoms with E-state index in [2.05, 4.69) is 0 Å². The number of hydrogen-bond donors (Lipinski definition) is 1. The largest absolute Gasteiger partial charge is 0.364 e. The van der Waals surface area contributed by atoms with Gasteiger partial charge in [0.2, 0.25) is 0 Å². The van der Waals surface area contributed by atoms with Gasteiger partial charge in [0.1, 0.15) is 0 Å². The molecule has 18 heavy (non-hydrogen) atoms. The van der Waals surface area contributed by atoms with Crippen LogP contribution in [-0.2, 0) is 10.7 Å². The van der Waals surface area contributed by atoms with Crippen molar-refractivity contribution in [2.45, 2.75) is 5.92 Å². The van der Waals surface area contributed by atoms with Crippen molar-refractivity contribution < 1.29 is 13.6 Å². The number of nitrogens with two attached hydrogens (primary N) is 1. The van der Waals surface area contributed by atoms with E-state index < -0.39 is 11.8 Å². The zero-order valence-electron chi connectivity index (χ0n) is 9.44. The second-order valence-corrected chi connectivity index (χ2v) is 3.85. The van der Waals surface area contributed by atoms with Crippen LogP contribution in [0.1, 0.15) is 5.56 Å². The Morgan fingerprint density at radius 3 is 2.11 bits per heavy atom. The summed E-state index contributed by atoms with van der Waals surface area (Å²) in [5, 5.41) is 0. The van der Waals surface area contributed by atoms with Crippen LogP contribution in [0.4, 0.5) is 8.78 Å². The van der Waals surface area contributed by atoms with Gasteiger partial charge < -0.3 is 5.73 Å². The lowest BCUT2D eigenvalue weighted by atomic mass is 9.95. The summed E-state index contributed by atoms with van der Waals surface area (Å²) in [4.78, 5) is 10.9. The standard InChI is InChI=1S/C14H11F2NO/c15-14(16,13(17)18)12-9-5-4-8-11(12)10-6-2-1-3-7-10/h1-9H,(H2,17,18). The lowest BCUT2D eigenvalue weighted by molar-refractivity contribution is -0.143. The molecule has 0 heterocycles. The number of rotatable bonds is 3. The maximum absolute atomic E-state index is 13.8. The highest BCUT2D eigenvalue weighted by Gasteiger charge is 2.40. The predicted octanol–water partition coefficient (Wildman–Crippen LogP) is 2.93. The van der Waals surface area contributed by atoms with E-state index in [9.17, 15) is 13.6 Å². The summed E-state index contributed by atoms with van der Waals surface area (Å²) in [5.41, 5.74) is 5.32. The molecule has 2 N–H and O–H groups in total. The minimum Gasteiger partial charge on any atom is -0.364 e. The predicted molar refractivity (Wildman–Crippen MR) is 65.0 cm³/mol. The van der Waals surface area contributed by atoms with E-state index in [1.54, 1.807) is 42.5 Å². The number of primary amides is 1. The molecule has 0 aliphatic carbocycles. The van der Waals surface area contributed by atoms with Crippen LogP contribution in [0.3, 0.4) is 0 Å². The van der Waals surface area contributed by atoms with E-state index in [4.69, 9.17) is 5.73 Å². The SMILES string of the molecule is NC(=O)C(F)(F)c1ccccc1-c1ccccc1. The van der Waals surface area contributed by atoms with Gasteiger partial charge in [0.15, 0.2) is 0 Å². The molecule has 0 radical (unpaired) electrons. The molecule has 2 aromatic carbocycles. The molecular formula is C14H11F2NO. The van der Waals surface area contributed by atoms with E-state index in [-0.39, 0.29) is 5.56 Å². The molecule has 2 aromatic rings. The van der Waals surface area contributed by atoms with Gasteiger partial charge in [-0.3, -0.25) is 4.79 Å². The van der Waals surface area contributed by atoms with E-state index in [1.165, 1.54) is 12.1 Å². The van der Waals surface area contributed by atoms with Crippen LogP contribution in [0, 0.1) is 0 Å². The van der Waals surface area contributed by atoms with E-state index in [0.29, 0.717) is 11.1 Å². The number of carbonyl (C=O) groups excluding carboxylic acids is 1. The van der Waals surface area contributed by atoms with Crippen LogP contribution in [-0.4, -0.2) is 5.91 Å². The topological polar surface area (TPSA) is 43.1 Å². The van der Waals surface area contributed by atoms with Crippen LogP contribution < -0.4 is 5.73 Å². The third-order valence-electron chi connectivity index (χ3n) is 2.66. The minimum absolute atomic E-state index is 0.307. The highest BCUT2D eigenvalue weighted by Crippen LogP contribution is 2.35. The lowest BCUT2D eigenvalue weighted by Crippen LogP contribution is -2.33. The number of benzene rings is 2. The van der Waals surface area contributed by atoms with Crippen molar-refractivity contribution in [3.8, 4) is 11.1 Å². The molecule has 0 atom stereocenters. The maximum Gasteiger partial charge on any atom is 0.350 e. The van der Waals surface area contributed by atoms with Gasteiger partial charge in [-0.2, -0.15) is 8.78 Å². The Bertz CT molecular complexity index is 567. The molecule has 0 fully saturated rings. The second-order valence-electron chi connectivity index (χ2n) is 3.85. The summed E-state index contributed by atoms with van der Waals surface area (Å²) in [6.45, 7) is 0. The summed E-state index contributed by atoms with van der Waals surface area (Å²) < 4.78 is 27.5. The molecule has 0 aliphatic heterocycles. The van der Waals surface area contributed by atoms with E-state index >= 15 is 0 Å². The van der Waals surface area contributed by atoms with Crippen molar-refractivity contribution >= 4 is 5.91 Å². The number of hydrogen-bond acceptors (Lipinski definition) is 1. The van der Waals surface area contributed by atoms with Gasteiger partial charge in [0.25, 0.3) is 5.91 Å². The maximum atomic E-state index is 13.8. The van der Waals surface area contributed by atoms with Gasteiger partial charge in [0.05, 0.1) is 0 Å². The normalized spacial score (nSPS) is 11.2. The lowest BCUT2D eigenvalue weighted by Gasteiger charge is -2.16. The minimum atomic E-state index is -3.67. The molecule has 2 nitrogen and oxygen atoms in total. The van der Waals surface area contributed by atoms with Gasteiger partial charge in [-0.05, 0) is 11.1 Å². The summed E-state index contributed by atoms with van der Waals surface area (Å²) in [6.07, 6.45) is 0. The van der Waals surface area contributed by atoms with E-state index in [1.807, 2.05) is 0 Å². The third kappa shape index (κ3) is 2.09. The van der Waals surface area contributed by atoms with Gasteiger partial charge in [0, 0.05) is 5.56 Å². The van der Waals surface area contributed by atoms with Crippen LogP contribution in [0.5, 0.6) is 0 Å². The molecular weight excluding hydrogens is 236 g/mol. The first-order chi connectivity index (χ1) is 8.53. The Morgan fingerprint density at radius 1 is 0.944 bits per heavy atom. The smallest absolute Gasteiger partial charge is 0.350 e. The van der Waals surface area contributed by atoms with Gasteiger partial charge in [-0.25, -0.2) is 0 Å². The van der Waals surface area contributed by atoms with Crippen LogP contribution in [0.2, 0.25) is 0 Å². The Labute approximate surface area is 103 Å². The fourth-order valence-corrected chi connectivity index (χ4v) is 1.76. The van der Waals surface area contributed by atoms with Gasteiger partial charge >= 0.3 is 5.92 Å². The molecule has 0 unspecified atom stereocenters. The number of amides is 1. The molecule has 0 aromatic heterocycles. The molecule has 0 aliphatic rings. The summed E-state index contributed by atoms with van der Waals surface area (Å²) in [5.74, 6) is -5.32. The first kappa shape index (κ1) is 12.2. The molecule has 0 saturated carbocycles. The van der Waals surface area contributed by atoms with Crippen molar-refractivity contribution in [1.82, 2.24) is 0 Å². The van der Waals surface area contributed by atoms with Gasteiger partial charge in [-0.1, -0.05) is 54.6 Å². The second kappa shape index (κ2) is 4.56. The fourth-order valence-electron chi connectivity index (χ4n) is 1.76. The van der Waals surface area contributed by atoms with E-state index in [0.717, 1.165) is 0 Å². The summed E-state index contributed by atoms with van der Waals surface area (Å²) in [6, 6.07) is 14.5. The average molecular weight is 247 g/mol. The average Bonchev–Trinajstić information content (AvgIpc) is 2.39. The highest BCUT2D eigenvalue weighted by atomic mass is 19.3. The molecule has 92 valence electrons. The Kier molecular flexibility index (Phi) is 3.10. The molecule has 1 amide bonds. The molecule has 0 spiro atoms. The van der Waals surface area contributed by atoms with Crippen LogP contribution in [0.25, 0.3) is 11.1 Å². The third-order valence-corrected chi connectivity index (χ3v) is 2.66. The molecule has 2 rings (SSSR count). The Hall–Kier alpha value is -2.23. The van der Waals surface area contributed by atoms with Gasteiger partial charge in [-0.15, -0.1) is 0 Å². The zero-order valence-corrected chi connectivity index (χ0v) is 9.44. The molecule has 0 saturated heterocycles. The highest BCUT2D eigenvalue weighted by molar-refractivity contribution is 5.86. The van der Waals surface area contributed by atoms with Crippen LogP contribution >= 0.6 is 0 Å². The Balaban J connectivity index is 2.61. The fraction of sp³-hybridized carbons (Fsp3) is 0.0714. The summed E-state index contributed by atoms with van der Waals surface area (Å²) >= 11 is 0. The van der Waals surface area contributed by atoms with Crippen molar-refractivity contribution in [1.29, 1.82) is 0 Å². The number of halogens is 2. The first-order valence-corrected chi connectivity index (χ1v) is 5.36. The number of carbonyl (C=O) groups is 1. The van der Waals surface area contributed by atoms with Crippen molar-refractivity contribution in [3.05, 3.63) is 60.2 Å².